The molecule has 1 aliphatic carbocycles. The van der Waals surface area contributed by atoms with E-state index in [-0.39, 0.29) is 0 Å². The average Bonchev–Trinajstić information content (AvgIpc) is 3.51. The normalized spacial score (nSPS) is 15.8. The third kappa shape index (κ3) is 5.75. The zero-order valence-corrected chi connectivity index (χ0v) is 29.3. The van der Waals surface area contributed by atoms with Gasteiger partial charge < -0.3 is 14.5 Å². The van der Waals surface area contributed by atoms with E-state index in [9.17, 15) is 0 Å². The summed E-state index contributed by atoms with van der Waals surface area (Å²) in [5, 5.41) is 0. The van der Waals surface area contributed by atoms with Gasteiger partial charge in [-0.1, -0.05) is 109 Å². The van der Waals surface area contributed by atoms with Gasteiger partial charge in [-0.3, -0.25) is 15.0 Å². The van der Waals surface area contributed by atoms with Crippen molar-refractivity contribution in [3.05, 3.63) is 179 Å². The Kier molecular flexibility index (Phi) is 8.33. The molecule has 0 saturated carbocycles. The first kappa shape index (κ1) is 32.1. The molecule has 0 saturated heterocycles. The number of hydrogen-bond acceptors (Lipinski definition) is 6. The van der Waals surface area contributed by atoms with Crippen LogP contribution in [-0.2, 0) is 13.0 Å². The fraction of sp³-hybridized carbons (Fsp3) is 0.0851. The van der Waals surface area contributed by atoms with Gasteiger partial charge in [0.25, 0.3) is 0 Å². The average molecular weight is 688 g/mol. The Labute approximate surface area is 310 Å². The third-order valence-electron chi connectivity index (χ3n) is 10.2. The summed E-state index contributed by atoms with van der Waals surface area (Å²) in [7, 11) is 0. The van der Waals surface area contributed by atoms with Crippen molar-refractivity contribution in [2.24, 2.45) is 15.0 Å². The summed E-state index contributed by atoms with van der Waals surface area (Å²) < 4.78 is 6.43. The largest absolute Gasteiger partial charge is 0.452 e. The van der Waals surface area contributed by atoms with Gasteiger partial charge >= 0.3 is 0 Å². The first-order valence-corrected chi connectivity index (χ1v) is 17.9. The van der Waals surface area contributed by atoms with E-state index >= 15 is 0 Å². The second-order valence-corrected chi connectivity index (χ2v) is 13.3. The number of para-hydroxylation sites is 4. The number of benzene rings is 6. The van der Waals surface area contributed by atoms with Gasteiger partial charge in [0.05, 0.1) is 29.3 Å². The molecule has 0 radical (unpaired) electrons. The number of hydrogen-bond donors (Lipinski definition) is 0. The topological polar surface area (TPSA) is 52.8 Å². The van der Waals surface area contributed by atoms with Crippen LogP contribution in [0, 0.1) is 0 Å². The third-order valence-corrected chi connectivity index (χ3v) is 10.2. The van der Waals surface area contributed by atoms with Crippen LogP contribution in [0.2, 0.25) is 0 Å². The minimum atomic E-state index is 0.451. The van der Waals surface area contributed by atoms with Crippen LogP contribution < -0.4 is 14.5 Å². The lowest BCUT2D eigenvalue weighted by molar-refractivity contribution is 0.470. The van der Waals surface area contributed by atoms with Crippen molar-refractivity contribution in [1.29, 1.82) is 0 Å². The molecule has 0 amide bonds. The van der Waals surface area contributed by atoms with Gasteiger partial charge in [-0.15, -0.1) is 0 Å². The summed E-state index contributed by atoms with van der Waals surface area (Å²) in [5.74, 6) is 1.38. The number of ether oxygens (including phenoxy) is 1. The van der Waals surface area contributed by atoms with Crippen LogP contribution in [0.3, 0.4) is 0 Å². The number of rotatable bonds is 7. The predicted octanol–water partition coefficient (Wildman–Crippen LogP) is 11.3. The van der Waals surface area contributed by atoms with Crippen LogP contribution in [0.4, 0.5) is 28.4 Å². The van der Waals surface area contributed by atoms with Crippen molar-refractivity contribution in [3.63, 3.8) is 0 Å². The van der Waals surface area contributed by atoms with Crippen molar-refractivity contribution in [1.82, 2.24) is 0 Å². The minimum absolute atomic E-state index is 0.451. The Morgan fingerprint density at radius 1 is 0.698 bits per heavy atom. The molecular weight excluding hydrogens is 651 g/mol. The summed E-state index contributed by atoms with van der Waals surface area (Å²) >= 11 is 0. The van der Waals surface area contributed by atoms with Gasteiger partial charge in [0.1, 0.15) is 23.8 Å². The molecule has 0 atom stereocenters. The molecule has 0 spiro atoms. The summed E-state index contributed by atoms with van der Waals surface area (Å²) in [5.41, 5.74) is 14.7. The number of fused-ring (bicyclic) bond motifs is 6. The van der Waals surface area contributed by atoms with Crippen molar-refractivity contribution in [2.45, 2.75) is 19.4 Å². The number of aliphatic imine (C=N–C) groups is 3. The first-order chi connectivity index (χ1) is 26.2. The van der Waals surface area contributed by atoms with Crippen LogP contribution in [0.15, 0.2) is 166 Å². The molecule has 6 heteroatoms. The molecule has 0 bridgehead atoms. The molecule has 6 aromatic carbocycles. The van der Waals surface area contributed by atoms with Gasteiger partial charge in [0.15, 0.2) is 5.76 Å². The molecule has 0 unspecified atom stereocenters. The fourth-order valence-electron chi connectivity index (χ4n) is 7.73. The summed E-state index contributed by atoms with van der Waals surface area (Å²) in [6.07, 6.45) is 6.53. The van der Waals surface area contributed by atoms with Crippen molar-refractivity contribution < 1.29 is 4.74 Å². The van der Waals surface area contributed by atoms with Gasteiger partial charge in [-0.25, -0.2) is 0 Å². The van der Waals surface area contributed by atoms with E-state index in [1.54, 1.807) is 0 Å². The summed E-state index contributed by atoms with van der Waals surface area (Å²) in [4.78, 5) is 18.9. The molecule has 53 heavy (non-hydrogen) atoms. The van der Waals surface area contributed by atoms with E-state index in [1.165, 1.54) is 27.9 Å². The first-order valence-electron chi connectivity index (χ1n) is 17.9. The molecule has 6 aromatic rings. The minimum Gasteiger partial charge on any atom is -0.452 e. The highest BCUT2D eigenvalue weighted by molar-refractivity contribution is 6.19. The van der Waals surface area contributed by atoms with Gasteiger partial charge in [0, 0.05) is 27.9 Å². The zero-order chi connectivity index (χ0) is 35.7. The van der Waals surface area contributed by atoms with E-state index in [0.717, 1.165) is 63.7 Å². The Morgan fingerprint density at radius 3 is 2.32 bits per heavy atom. The Morgan fingerprint density at radius 2 is 1.47 bits per heavy atom. The van der Waals surface area contributed by atoms with E-state index in [2.05, 4.69) is 124 Å². The lowest BCUT2D eigenvalue weighted by Gasteiger charge is -2.34. The molecule has 2 aliphatic heterocycles. The van der Waals surface area contributed by atoms with Crippen LogP contribution in [-0.4, -0.2) is 25.8 Å². The van der Waals surface area contributed by atoms with Gasteiger partial charge in [0.2, 0.25) is 0 Å². The van der Waals surface area contributed by atoms with Crippen molar-refractivity contribution >= 4 is 59.4 Å². The fourth-order valence-corrected chi connectivity index (χ4v) is 7.73. The van der Waals surface area contributed by atoms with E-state index in [1.807, 2.05) is 60.7 Å². The van der Waals surface area contributed by atoms with Crippen molar-refractivity contribution in [3.8, 4) is 16.9 Å². The van der Waals surface area contributed by atoms with Gasteiger partial charge in [-0.2, -0.15) is 0 Å². The maximum Gasteiger partial charge on any atom is 0.179 e. The molecule has 6 nitrogen and oxygen atoms in total. The number of allylic oxidation sites excluding steroid dienone is 2. The quantitative estimate of drug-likeness (QED) is 0.157. The second kappa shape index (κ2) is 13.7. The predicted molar refractivity (Wildman–Crippen MR) is 221 cm³/mol. The van der Waals surface area contributed by atoms with Crippen molar-refractivity contribution in [2.75, 3.05) is 16.5 Å². The SMILES string of the molecule is C=N/C(=C1/Oc2ccccc2C1=NCc1cccc(N2CN(c3ccccc3N=C)c3ccccc3-c3ccc4c(c32)CCC=C4)c1)c1ccccc1. The highest BCUT2D eigenvalue weighted by atomic mass is 16.5. The van der Waals surface area contributed by atoms with Crippen LogP contribution in [0.25, 0.3) is 22.9 Å². The Balaban J connectivity index is 1.18. The van der Waals surface area contributed by atoms with E-state index in [0.29, 0.717) is 24.7 Å². The maximum atomic E-state index is 6.43. The molecule has 2 heterocycles. The van der Waals surface area contributed by atoms with Crippen LogP contribution in [0.5, 0.6) is 5.75 Å². The number of anilines is 4. The molecule has 0 aromatic heterocycles. The smallest absolute Gasteiger partial charge is 0.179 e. The lowest BCUT2D eigenvalue weighted by atomic mass is 9.89. The monoisotopic (exact) mass is 687 g/mol. The number of nitrogens with zero attached hydrogens (tertiary/aromatic N) is 5. The maximum absolute atomic E-state index is 6.43. The molecule has 256 valence electrons. The molecular formula is C47H37N5O. The Hall–Kier alpha value is -6.79. The second-order valence-electron chi connectivity index (χ2n) is 13.3. The lowest BCUT2D eigenvalue weighted by Crippen LogP contribution is -2.32. The summed E-state index contributed by atoms with van der Waals surface area (Å²) in [6, 6.07) is 48.3. The van der Waals surface area contributed by atoms with Crippen LogP contribution in [0.1, 0.15) is 34.2 Å². The summed E-state index contributed by atoms with van der Waals surface area (Å²) in [6.45, 7) is 8.86. The van der Waals surface area contributed by atoms with E-state index in [4.69, 9.17) is 9.73 Å². The highest BCUT2D eigenvalue weighted by Gasteiger charge is 2.31. The molecule has 0 fully saturated rings. The van der Waals surface area contributed by atoms with Crippen LogP contribution >= 0.6 is 0 Å². The zero-order valence-electron chi connectivity index (χ0n) is 29.3. The van der Waals surface area contributed by atoms with Gasteiger partial charge in [-0.05, 0) is 85.4 Å². The Bertz CT molecular complexity index is 2500. The molecule has 9 rings (SSSR count). The highest BCUT2D eigenvalue weighted by Crippen LogP contribution is 2.50. The standard InChI is InChI=1S/C47H37N5O/c1-48-40-23-10-12-25-42(40)52-31-51(46-36-20-7-6-16-33(36)27-28-38(46)37-21-8-11-24-41(37)52)35-19-14-15-32(29-35)30-50-45-39-22-9-13-26-43(39)53-47(45)44(49-2)34-17-4-3-5-18-34/h3-6,8-19,21-29H,1-2,7,20,30-31H2/b47-44+,50-45?. The van der Waals surface area contributed by atoms with E-state index < -0.39 is 0 Å². The molecule has 3 aliphatic rings. The molecule has 0 N–H and O–H groups in total.